The van der Waals surface area contributed by atoms with E-state index in [1.54, 1.807) is 30.3 Å². The summed E-state index contributed by atoms with van der Waals surface area (Å²) in [5.74, 6) is -0.879. The van der Waals surface area contributed by atoms with Crippen molar-refractivity contribution in [1.29, 1.82) is 5.26 Å². The molecule has 0 saturated carbocycles. The maximum Gasteiger partial charge on any atom is 0.335 e. The van der Waals surface area contributed by atoms with Crippen molar-refractivity contribution in [2.24, 2.45) is 0 Å². The Kier molecular flexibility index (Phi) is 5.67. The van der Waals surface area contributed by atoms with Gasteiger partial charge in [-0.25, -0.2) is 4.79 Å². The van der Waals surface area contributed by atoms with Crippen LogP contribution in [0.3, 0.4) is 0 Å². The largest absolute Gasteiger partial charge is 0.478 e. The van der Waals surface area contributed by atoms with Gasteiger partial charge in [-0.05, 0) is 35.4 Å². The van der Waals surface area contributed by atoms with Gasteiger partial charge in [0, 0.05) is 0 Å². The zero-order valence-electron chi connectivity index (χ0n) is 12.4. The molecule has 3 aromatic carbocycles. The molecule has 0 bridgehead atoms. The predicted molar refractivity (Wildman–Crippen MR) is 90.0 cm³/mol. The molecule has 1 N–H and O–H groups in total. The normalized spacial score (nSPS) is 9.17. The minimum Gasteiger partial charge on any atom is -0.478 e. The van der Waals surface area contributed by atoms with Crippen molar-refractivity contribution in [2.75, 3.05) is 0 Å². The van der Waals surface area contributed by atoms with E-state index < -0.39 is 5.97 Å². The molecule has 0 atom stereocenters. The summed E-state index contributed by atoms with van der Waals surface area (Å²) in [5, 5.41) is 17.0. The summed E-state index contributed by atoms with van der Waals surface area (Å²) in [6.45, 7) is 0. The zero-order valence-corrected chi connectivity index (χ0v) is 12.4. The smallest absolute Gasteiger partial charge is 0.335 e. The number of hydrogen-bond donors (Lipinski definition) is 1. The Labute approximate surface area is 135 Å². The van der Waals surface area contributed by atoms with Gasteiger partial charge in [0.2, 0.25) is 0 Å². The van der Waals surface area contributed by atoms with E-state index in [1.165, 1.54) is 5.56 Å². The molecule has 0 saturated heterocycles. The first-order chi connectivity index (χ1) is 11.2. The molecule has 0 aliphatic carbocycles. The number of carbonyl (C=O) groups is 1. The van der Waals surface area contributed by atoms with E-state index in [-0.39, 0.29) is 0 Å². The van der Waals surface area contributed by atoms with Crippen LogP contribution in [-0.2, 0) is 0 Å². The Morgan fingerprint density at radius 2 is 1.22 bits per heavy atom. The molecule has 23 heavy (non-hydrogen) atoms. The third kappa shape index (κ3) is 4.83. The number of rotatable bonds is 2. The standard InChI is InChI=1S/C13H9N.C7H6O2/c14-10-11-6-8-13(9-7-11)12-4-2-1-3-5-12;8-7(9)6-4-2-1-3-5-6/h1-9H;1-5H,(H,8,9). The molecule has 0 unspecified atom stereocenters. The van der Waals surface area contributed by atoms with Crippen molar-refractivity contribution in [1.82, 2.24) is 0 Å². The van der Waals surface area contributed by atoms with Crippen LogP contribution < -0.4 is 0 Å². The van der Waals surface area contributed by atoms with Crippen molar-refractivity contribution in [2.45, 2.75) is 0 Å². The lowest BCUT2D eigenvalue weighted by atomic mass is 10.0. The average molecular weight is 301 g/mol. The van der Waals surface area contributed by atoms with E-state index in [4.69, 9.17) is 10.4 Å². The molecule has 0 spiro atoms. The van der Waals surface area contributed by atoms with Crippen molar-refractivity contribution >= 4 is 5.97 Å². The fourth-order valence-corrected chi connectivity index (χ4v) is 1.95. The third-order valence-corrected chi connectivity index (χ3v) is 3.14. The fraction of sp³-hybridized carbons (Fsp3) is 0. The number of aromatic carboxylic acids is 1. The lowest BCUT2D eigenvalue weighted by Gasteiger charge is -1.99. The summed E-state index contributed by atoms with van der Waals surface area (Å²) in [4.78, 5) is 10.2. The summed E-state index contributed by atoms with van der Waals surface area (Å²) in [5.41, 5.74) is 3.35. The molecule has 0 radical (unpaired) electrons. The van der Waals surface area contributed by atoms with Crippen LogP contribution >= 0.6 is 0 Å². The highest BCUT2D eigenvalue weighted by Crippen LogP contribution is 2.18. The maximum absolute atomic E-state index is 10.2. The minimum absolute atomic E-state index is 0.331. The third-order valence-electron chi connectivity index (χ3n) is 3.14. The fourth-order valence-electron chi connectivity index (χ4n) is 1.95. The molecule has 0 fully saturated rings. The van der Waals surface area contributed by atoms with Gasteiger partial charge in [-0.1, -0.05) is 60.7 Å². The van der Waals surface area contributed by atoms with E-state index in [2.05, 4.69) is 18.2 Å². The van der Waals surface area contributed by atoms with E-state index in [0.29, 0.717) is 11.1 Å². The Hall–Kier alpha value is -3.38. The second-order valence-electron chi connectivity index (χ2n) is 4.73. The van der Waals surface area contributed by atoms with Crippen molar-refractivity contribution in [3.63, 3.8) is 0 Å². The highest BCUT2D eigenvalue weighted by Gasteiger charge is 1.97. The second-order valence-corrected chi connectivity index (χ2v) is 4.73. The number of carboxylic acids is 1. The molecule has 0 amide bonds. The van der Waals surface area contributed by atoms with Crippen molar-refractivity contribution in [3.05, 3.63) is 96.1 Å². The van der Waals surface area contributed by atoms with Gasteiger partial charge in [0.15, 0.2) is 0 Å². The summed E-state index contributed by atoms with van der Waals surface area (Å²) < 4.78 is 0. The van der Waals surface area contributed by atoms with Crippen molar-refractivity contribution in [3.8, 4) is 17.2 Å². The monoisotopic (exact) mass is 301 g/mol. The quantitative estimate of drug-likeness (QED) is 0.752. The van der Waals surface area contributed by atoms with E-state index >= 15 is 0 Å². The Morgan fingerprint density at radius 3 is 1.65 bits per heavy atom. The lowest BCUT2D eigenvalue weighted by molar-refractivity contribution is 0.0697. The first-order valence-electron chi connectivity index (χ1n) is 7.04. The molecule has 3 aromatic rings. The molecule has 0 aliphatic rings. The first kappa shape index (κ1) is 16.0. The van der Waals surface area contributed by atoms with Crippen LogP contribution in [0.5, 0.6) is 0 Å². The lowest BCUT2D eigenvalue weighted by Crippen LogP contribution is -1.93. The summed E-state index contributed by atoms with van der Waals surface area (Å²) in [7, 11) is 0. The van der Waals surface area contributed by atoms with Crippen LogP contribution in [-0.4, -0.2) is 11.1 Å². The summed E-state index contributed by atoms with van der Waals surface area (Å²) in [6, 6.07) is 28.1. The van der Waals surface area contributed by atoms with E-state index in [9.17, 15) is 4.79 Å². The Bertz CT molecular complexity index is 789. The Balaban J connectivity index is 0.000000185. The van der Waals surface area contributed by atoms with Crippen LogP contribution in [0, 0.1) is 11.3 Å². The van der Waals surface area contributed by atoms with Crippen LogP contribution in [0.4, 0.5) is 0 Å². The number of carboxylic acid groups (broad SMARTS) is 1. The number of hydrogen-bond acceptors (Lipinski definition) is 2. The van der Waals surface area contributed by atoms with Gasteiger partial charge in [0.05, 0.1) is 17.2 Å². The minimum atomic E-state index is -0.879. The van der Waals surface area contributed by atoms with E-state index in [0.717, 1.165) is 5.56 Å². The van der Waals surface area contributed by atoms with Gasteiger partial charge < -0.3 is 5.11 Å². The van der Waals surface area contributed by atoms with Crippen LogP contribution in [0.2, 0.25) is 0 Å². The van der Waals surface area contributed by atoms with E-state index in [1.807, 2.05) is 42.5 Å². The number of nitrogens with zero attached hydrogens (tertiary/aromatic N) is 1. The first-order valence-corrected chi connectivity index (χ1v) is 7.04. The van der Waals surface area contributed by atoms with Gasteiger partial charge in [-0.3, -0.25) is 0 Å². The van der Waals surface area contributed by atoms with Crippen LogP contribution in [0.1, 0.15) is 15.9 Å². The SMILES string of the molecule is N#Cc1ccc(-c2ccccc2)cc1.O=C(O)c1ccccc1. The average Bonchev–Trinajstić information content (AvgIpc) is 2.64. The molecule has 3 nitrogen and oxygen atoms in total. The number of nitriles is 1. The highest BCUT2D eigenvalue weighted by molar-refractivity contribution is 5.87. The van der Waals surface area contributed by atoms with Crippen LogP contribution in [0.15, 0.2) is 84.9 Å². The van der Waals surface area contributed by atoms with Gasteiger partial charge in [-0.2, -0.15) is 5.26 Å². The Morgan fingerprint density at radius 1 is 0.739 bits per heavy atom. The summed E-state index contributed by atoms with van der Waals surface area (Å²) in [6.07, 6.45) is 0. The molecule has 0 aromatic heterocycles. The molecular weight excluding hydrogens is 286 g/mol. The van der Waals surface area contributed by atoms with Gasteiger partial charge >= 0.3 is 5.97 Å². The topological polar surface area (TPSA) is 61.1 Å². The number of benzene rings is 3. The predicted octanol–water partition coefficient (Wildman–Crippen LogP) is 4.61. The molecule has 0 heterocycles. The van der Waals surface area contributed by atoms with Gasteiger partial charge in [0.1, 0.15) is 0 Å². The van der Waals surface area contributed by atoms with Crippen molar-refractivity contribution < 1.29 is 9.90 Å². The molecule has 3 rings (SSSR count). The highest BCUT2D eigenvalue weighted by atomic mass is 16.4. The zero-order chi connectivity index (χ0) is 16.5. The van der Waals surface area contributed by atoms with Crippen LogP contribution in [0.25, 0.3) is 11.1 Å². The van der Waals surface area contributed by atoms with Gasteiger partial charge in [0.25, 0.3) is 0 Å². The summed E-state index contributed by atoms with van der Waals surface area (Å²) >= 11 is 0. The molecule has 112 valence electrons. The van der Waals surface area contributed by atoms with Gasteiger partial charge in [-0.15, -0.1) is 0 Å². The molecule has 3 heteroatoms. The second kappa shape index (κ2) is 8.16. The molecule has 0 aliphatic heterocycles. The maximum atomic E-state index is 10.2. The molecular formula is C20H15NO2.